The van der Waals surface area contributed by atoms with Gasteiger partial charge in [0.1, 0.15) is 0 Å². The molecule has 3 N–H and O–H groups in total. The number of hydrogen-bond acceptors (Lipinski definition) is 2. The summed E-state index contributed by atoms with van der Waals surface area (Å²) in [7, 11) is 0. The van der Waals surface area contributed by atoms with Gasteiger partial charge in [0.25, 0.3) is 0 Å². The molecule has 1 saturated carbocycles. The molecule has 1 amide bonds. The van der Waals surface area contributed by atoms with Crippen LogP contribution < -0.4 is 11.1 Å². The minimum atomic E-state index is 0.218. The molecular formula is C14H30N2O. The van der Waals surface area contributed by atoms with Crippen molar-refractivity contribution < 1.29 is 4.79 Å². The van der Waals surface area contributed by atoms with Crippen LogP contribution in [0.1, 0.15) is 59.3 Å². The fraction of sp³-hybridized carbons (Fsp3) is 0.929. The summed E-state index contributed by atoms with van der Waals surface area (Å²) < 4.78 is 0. The highest BCUT2D eigenvalue weighted by atomic mass is 16.1. The van der Waals surface area contributed by atoms with Crippen molar-refractivity contribution in [2.45, 2.75) is 59.3 Å². The van der Waals surface area contributed by atoms with Crippen molar-refractivity contribution in [1.82, 2.24) is 5.32 Å². The van der Waals surface area contributed by atoms with Crippen molar-refractivity contribution in [3.8, 4) is 0 Å². The van der Waals surface area contributed by atoms with Gasteiger partial charge in [0.15, 0.2) is 0 Å². The first-order chi connectivity index (χ1) is 8.27. The molecule has 0 aromatic heterocycles. The largest absolute Gasteiger partial charge is 0.355 e. The van der Waals surface area contributed by atoms with E-state index in [0.717, 1.165) is 18.8 Å². The second-order valence-electron chi connectivity index (χ2n) is 4.59. The minimum Gasteiger partial charge on any atom is -0.355 e. The number of hydrogen-bond donors (Lipinski definition) is 2. The third-order valence-corrected chi connectivity index (χ3v) is 3.36. The molecule has 3 nitrogen and oxygen atoms in total. The first kappa shape index (κ1) is 16.4. The van der Waals surface area contributed by atoms with Crippen LogP contribution in [-0.4, -0.2) is 19.0 Å². The maximum Gasteiger partial charge on any atom is 0.223 e. The van der Waals surface area contributed by atoms with Crippen LogP contribution >= 0.6 is 0 Å². The molecule has 0 aliphatic heterocycles. The fourth-order valence-corrected chi connectivity index (χ4v) is 2.46. The molecule has 17 heavy (non-hydrogen) atoms. The Morgan fingerprint density at radius 2 is 1.82 bits per heavy atom. The van der Waals surface area contributed by atoms with E-state index in [1.165, 1.54) is 25.7 Å². The van der Waals surface area contributed by atoms with Crippen molar-refractivity contribution in [2.75, 3.05) is 13.1 Å². The van der Waals surface area contributed by atoms with E-state index in [1.54, 1.807) is 0 Å². The van der Waals surface area contributed by atoms with E-state index in [9.17, 15) is 4.79 Å². The van der Waals surface area contributed by atoms with E-state index in [1.807, 2.05) is 13.8 Å². The van der Waals surface area contributed by atoms with Gasteiger partial charge in [-0.2, -0.15) is 0 Å². The Morgan fingerprint density at radius 3 is 2.29 bits per heavy atom. The second kappa shape index (κ2) is 10.6. The Kier molecular flexibility index (Phi) is 10.2. The number of carbonyl (C=O) groups is 1. The van der Waals surface area contributed by atoms with Crippen LogP contribution in [0.2, 0.25) is 0 Å². The van der Waals surface area contributed by atoms with Gasteiger partial charge in [-0.3, -0.25) is 4.79 Å². The first-order valence-electron chi connectivity index (χ1n) is 7.25. The van der Waals surface area contributed by atoms with Crippen molar-refractivity contribution in [3.05, 3.63) is 0 Å². The molecule has 3 heteroatoms. The molecular weight excluding hydrogens is 212 g/mol. The second-order valence-corrected chi connectivity index (χ2v) is 4.59. The van der Waals surface area contributed by atoms with E-state index in [-0.39, 0.29) is 11.8 Å². The van der Waals surface area contributed by atoms with Crippen LogP contribution in [0.3, 0.4) is 0 Å². The zero-order valence-electron chi connectivity index (χ0n) is 11.8. The van der Waals surface area contributed by atoms with Gasteiger partial charge in [-0.15, -0.1) is 0 Å². The lowest BCUT2D eigenvalue weighted by Gasteiger charge is -2.27. The number of nitrogens with one attached hydrogen (secondary N) is 1. The number of nitrogens with two attached hydrogens (primary N) is 1. The molecule has 1 aliphatic carbocycles. The minimum absolute atomic E-state index is 0.218. The molecule has 0 radical (unpaired) electrons. The first-order valence-corrected chi connectivity index (χ1v) is 7.25. The molecule has 1 fully saturated rings. The van der Waals surface area contributed by atoms with Gasteiger partial charge in [0.05, 0.1) is 0 Å². The van der Waals surface area contributed by atoms with Crippen molar-refractivity contribution in [2.24, 2.45) is 17.6 Å². The standard InChI is InChI=1S/C12H24N2O.C2H6/c1-2-3-10-4-6-11(7-5-10)12(15)14-9-8-13;1-2/h10-11H,2-9,13H2,1H3,(H,14,15);1-2H3. The van der Waals surface area contributed by atoms with E-state index >= 15 is 0 Å². The predicted octanol–water partition coefficient (Wildman–Crippen LogP) is 2.69. The summed E-state index contributed by atoms with van der Waals surface area (Å²) in [6.45, 7) is 7.39. The Bertz CT molecular complexity index is 187. The van der Waals surface area contributed by atoms with E-state index in [2.05, 4.69) is 12.2 Å². The number of amides is 1. The molecule has 1 aliphatic rings. The fourth-order valence-electron chi connectivity index (χ4n) is 2.46. The van der Waals surface area contributed by atoms with Crippen LogP contribution in [0.25, 0.3) is 0 Å². The Morgan fingerprint density at radius 1 is 1.24 bits per heavy atom. The average molecular weight is 242 g/mol. The van der Waals surface area contributed by atoms with Gasteiger partial charge in [-0.25, -0.2) is 0 Å². The summed E-state index contributed by atoms with van der Waals surface area (Å²) >= 11 is 0. The van der Waals surface area contributed by atoms with Gasteiger partial charge < -0.3 is 11.1 Å². The van der Waals surface area contributed by atoms with Crippen LogP contribution in [-0.2, 0) is 4.79 Å². The van der Waals surface area contributed by atoms with Gasteiger partial charge >= 0.3 is 0 Å². The quantitative estimate of drug-likeness (QED) is 0.779. The maximum atomic E-state index is 11.7. The molecule has 0 saturated heterocycles. The molecule has 0 heterocycles. The number of rotatable bonds is 5. The molecule has 0 bridgehead atoms. The molecule has 1 rings (SSSR count). The highest BCUT2D eigenvalue weighted by Gasteiger charge is 2.25. The Balaban J connectivity index is 0.00000121. The predicted molar refractivity (Wildman–Crippen MR) is 73.8 cm³/mol. The van der Waals surface area contributed by atoms with Gasteiger partial charge in [-0.05, 0) is 31.6 Å². The SMILES string of the molecule is CC.CCCC1CCC(C(=O)NCCN)CC1. The summed E-state index contributed by atoms with van der Waals surface area (Å²) in [5, 5.41) is 2.88. The lowest BCUT2D eigenvalue weighted by Crippen LogP contribution is -2.36. The maximum absolute atomic E-state index is 11.7. The van der Waals surface area contributed by atoms with Crippen molar-refractivity contribution in [3.63, 3.8) is 0 Å². The average Bonchev–Trinajstić information content (AvgIpc) is 2.39. The molecule has 0 unspecified atom stereocenters. The monoisotopic (exact) mass is 242 g/mol. The van der Waals surface area contributed by atoms with Gasteiger partial charge in [0, 0.05) is 19.0 Å². The van der Waals surface area contributed by atoms with E-state index < -0.39 is 0 Å². The summed E-state index contributed by atoms with van der Waals surface area (Å²) in [5.74, 6) is 1.34. The van der Waals surface area contributed by atoms with E-state index in [4.69, 9.17) is 5.73 Å². The van der Waals surface area contributed by atoms with Crippen molar-refractivity contribution in [1.29, 1.82) is 0 Å². The molecule has 0 atom stereocenters. The third kappa shape index (κ3) is 6.67. The summed E-state index contributed by atoms with van der Waals surface area (Å²) in [4.78, 5) is 11.7. The van der Waals surface area contributed by atoms with E-state index in [0.29, 0.717) is 13.1 Å². The third-order valence-electron chi connectivity index (χ3n) is 3.36. The normalized spacial score (nSPS) is 23.5. The zero-order chi connectivity index (χ0) is 13.1. The summed E-state index contributed by atoms with van der Waals surface area (Å²) in [6.07, 6.45) is 7.21. The van der Waals surface area contributed by atoms with Crippen molar-refractivity contribution >= 4 is 5.91 Å². The zero-order valence-corrected chi connectivity index (χ0v) is 11.8. The van der Waals surface area contributed by atoms with Gasteiger partial charge in [0.2, 0.25) is 5.91 Å². The summed E-state index contributed by atoms with van der Waals surface area (Å²) in [6, 6.07) is 0. The summed E-state index contributed by atoms with van der Waals surface area (Å²) in [5.41, 5.74) is 5.35. The van der Waals surface area contributed by atoms with Crippen LogP contribution in [0.4, 0.5) is 0 Å². The number of carbonyl (C=O) groups excluding carboxylic acids is 1. The highest BCUT2D eigenvalue weighted by Crippen LogP contribution is 2.31. The Labute approximate surface area is 107 Å². The van der Waals surface area contributed by atoms with Crippen LogP contribution in [0.15, 0.2) is 0 Å². The van der Waals surface area contributed by atoms with Crippen LogP contribution in [0, 0.1) is 11.8 Å². The lowest BCUT2D eigenvalue weighted by atomic mass is 9.80. The molecule has 102 valence electrons. The smallest absolute Gasteiger partial charge is 0.223 e. The lowest BCUT2D eigenvalue weighted by molar-refractivity contribution is -0.126. The molecule has 0 spiro atoms. The van der Waals surface area contributed by atoms with Gasteiger partial charge in [-0.1, -0.05) is 33.6 Å². The molecule has 0 aromatic rings. The Hall–Kier alpha value is -0.570. The highest BCUT2D eigenvalue weighted by molar-refractivity contribution is 5.78. The van der Waals surface area contributed by atoms with Crippen LogP contribution in [0.5, 0.6) is 0 Å². The molecule has 0 aromatic carbocycles. The topological polar surface area (TPSA) is 55.1 Å².